The van der Waals surface area contributed by atoms with Gasteiger partial charge in [0.25, 0.3) is 0 Å². The van der Waals surface area contributed by atoms with E-state index in [9.17, 15) is 0 Å². The van der Waals surface area contributed by atoms with Gasteiger partial charge in [0.2, 0.25) is 0 Å². The highest BCUT2D eigenvalue weighted by Gasteiger charge is 2.04. The van der Waals surface area contributed by atoms with Gasteiger partial charge in [-0.15, -0.1) is 10.2 Å². The van der Waals surface area contributed by atoms with Crippen LogP contribution in [0, 0.1) is 0 Å². The molecule has 0 bridgehead atoms. The van der Waals surface area contributed by atoms with Gasteiger partial charge >= 0.3 is 0 Å². The largest absolute Gasteiger partial charge is 0.356 e. The van der Waals surface area contributed by atoms with Crippen LogP contribution in [-0.4, -0.2) is 45.3 Å². The number of aromatic nitrogens is 4. The summed E-state index contributed by atoms with van der Waals surface area (Å²) in [7, 11) is 1.78. The molecular formula is C16H21N7. The highest BCUT2D eigenvalue weighted by molar-refractivity contribution is 5.79. The zero-order valence-corrected chi connectivity index (χ0v) is 13.2. The van der Waals surface area contributed by atoms with E-state index in [0.717, 1.165) is 43.5 Å². The van der Waals surface area contributed by atoms with Crippen molar-refractivity contribution in [3.05, 3.63) is 54.7 Å². The summed E-state index contributed by atoms with van der Waals surface area (Å²) in [5.74, 6) is 1.74. The fraction of sp³-hybridized carbons (Fsp3) is 0.312. The highest BCUT2D eigenvalue weighted by Crippen LogP contribution is 2.02. The quantitative estimate of drug-likeness (QED) is 0.525. The Kier molecular flexibility index (Phi) is 4.88. The summed E-state index contributed by atoms with van der Waals surface area (Å²) in [6.07, 6.45) is 6.86. The number of hydrogen-bond donors (Lipinski definition) is 2. The third-order valence-corrected chi connectivity index (χ3v) is 3.58. The third kappa shape index (κ3) is 3.88. The lowest BCUT2D eigenvalue weighted by Crippen LogP contribution is -2.39. The van der Waals surface area contributed by atoms with Crippen molar-refractivity contribution in [2.75, 3.05) is 20.1 Å². The number of guanidine groups is 1. The maximum atomic E-state index is 4.23. The third-order valence-electron chi connectivity index (χ3n) is 3.58. The molecule has 0 aliphatic rings. The van der Waals surface area contributed by atoms with Gasteiger partial charge in [0.15, 0.2) is 11.6 Å². The van der Waals surface area contributed by atoms with Crippen molar-refractivity contribution >= 4 is 11.6 Å². The maximum Gasteiger partial charge on any atom is 0.191 e. The smallest absolute Gasteiger partial charge is 0.191 e. The standard InChI is InChI=1S/C16H21N7/c1-17-16(19-9-13-22-10-4-5-11-22)18-8-7-15-21-20-14-6-2-3-12-23(14)15/h2-6,10-12H,7-9,13H2,1H3,(H2,17,18,19). The van der Waals surface area contributed by atoms with Crippen molar-refractivity contribution in [3.8, 4) is 0 Å². The molecule has 2 N–H and O–H groups in total. The van der Waals surface area contributed by atoms with Gasteiger partial charge in [-0.3, -0.25) is 9.39 Å². The van der Waals surface area contributed by atoms with Gasteiger partial charge < -0.3 is 15.2 Å². The minimum Gasteiger partial charge on any atom is -0.356 e. The van der Waals surface area contributed by atoms with E-state index in [1.165, 1.54) is 0 Å². The number of aliphatic imine (C=N–C) groups is 1. The van der Waals surface area contributed by atoms with Crippen LogP contribution in [0.15, 0.2) is 53.9 Å². The molecule has 7 heteroatoms. The van der Waals surface area contributed by atoms with E-state index in [1.807, 2.05) is 53.3 Å². The monoisotopic (exact) mass is 311 g/mol. The zero-order chi connectivity index (χ0) is 15.9. The van der Waals surface area contributed by atoms with E-state index in [-0.39, 0.29) is 0 Å². The lowest BCUT2D eigenvalue weighted by Gasteiger charge is -2.11. The molecule has 0 amide bonds. The number of pyridine rings is 1. The fourth-order valence-corrected chi connectivity index (χ4v) is 2.40. The Labute approximate surface area is 135 Å². The molecule has 0 unspecified atom stereocenters. The maximum absolute atomic E-state index is 4.23. The minimum atomic E-state index is 0.749. The van der Waals surface area contributed by atoms with Crippen molar-refractivity contribution in [3.63, 3.8) is 0 Å². The number of rotatable bonds is 6. The van der Waals surface area contributed by atoms with Gasteiger partial charge in [-0.05, 0) is 24.3 Å². The molecule has 0 fully saturated rings. The molecule has 0 atom stereocenters. The Morgan fingerprint density at radius 2 is 1.83 bits per heavy atom. The molecule has 3 aromatic heterocycles. The van der Waals surface area contributed by atoms with E-state index in [2.05, 4.69) is 30.4 Å². The van der Waals surface area contributed by atoms with Crippen LogP contribution in [0.25, 0.3) is 5.65 Å². The summed E-state index contributed by atoms with van der Waals surface area (Å²) in [6.45, 7) is 2.48. The van der Waals surface area contributed by atoms with Crippen molar-refractivity contribution in [1.82, 2.24) is 29.8 Å². The van der Waals surface area contributed by atoms with E-state index in [1.54, 1.807) is 7.05 Å². The Morgan fingerprint density at radius 1 is 1.04 bits per heavy atom. The van der Waals surface area contributed by atoms with Crippen molar-refractivity contribution in [2.45, 2.75) is 13.0 Å². The molecule has 0 saturated carbocycles. The molecule has 0 spiro atoms. The number of nitrogens with zero attached hydrogens (tertiary/aromatic N) is 5. The Bertz CT molecular complexity index is 758. The zero-order valence-electron chi connectivity index (χ0n) is 13.2. The van der Waals surface area contributed by atoms with Crippen LogP contribution in [0.5, 0.6) is 0 Å². The van der Waals surface area contributed by atoms with Crippen LogP contribution in [0.1, 0.15) is 5.82 Å². The van der Waals surface area contributed by atoms with Gasteiger partial charge in [-0.25, -0.2) is 0 Å². The summed E-state index contributed by atoms with van der Waals surface area (Å²) >= 11 is 0. The summed E-state index contributed by atoms with van der Waals surface area (Å²) < 4.78 is 4.13. The Hall–Kier alpha value is -2.83. The first-order valence-corrected chi connectivity index (χ1v) is 7.71. The molecule has 7 nitrogen and oxygen atoms in total. The first-order chi connectivity index (χ1) is 11.4. The van der Waals surface area contributed by atoms with Crippen LogP contribution >= 0.6 is 0 Å². The summed E-state index contributed by atoms with van der Waals surface area (Å²) in [4.78, 5) is 4.23. The number of fused-ring (bicyclic) bond motifs is 1. The molecule has 0 aliphatic heterocycles. The first kappa shape index (κ1) is 15.1. The van der Waals surface area contributed by atoms with Crippen molar-refractivity contribution in [1.29, 1.82) is 0 Å². The SMILES string of the molecule is CN=C(NCCc1nnc2ccccn12)NCCn1cccc1. The Morgan fingerprint density at radius 3 is 2.65 bits per heavy atom. The molecule has 3 aromatic rings. The first-order valence-electron chi connectivity index (χ1n) is 7.71. The average Bonchev–Trinajstić information content (AvgIpc) is 3.23. The molecular weight excluding hydrogens is 290 g/mol. The molecule has 0 saturated heterocycles. The second-order valence-electron chi connectivity index (χ2n) is 5.14. The van der Waals surface area contributed by atoms with Crippen LogP contribution in [0.3, 0.4) is 0 Å². The molecule has 23 heavy (non-hydrogen) atoms. The van der Waals surface area contributed by atoms with Gasteiger partial charge in [0.1, 0.15) is 5.82 Å². The molecule has 3 rings (SSSR count). The van der Waals surface area contributed by atoms with E-state index < -0.39 is 0 Å². The van der Waals surface area contributed by atoms with Gasteiger partial charge in [-0.1, -0.05) is 6.07 Å². The summed E-state index contributed by atoms with van der Waals surface area (Å²) in [5, 5.41) is 15.0. The second kappa shape index (κ2) is 7.44. The van der Waals surface area contributed by atoms with Crippen molar-refractivity contribution < 1.29 is 0 Å². The minimum absolute atomic E-state index is 0.749. The second-order valence-corrected chi connectivity index (χ2v) is 5.14. The van der Waals surface area contributed by atoms with Gasteiger partial charge in [0.05, 0.1) is 0 Å². The van der Waals surface area contributed by atoms with E-state index >= 15 is 0 Å². The predicted octanol–water partition coefficient (Wildman–Crippen LogP) is 0.938. The van der Waals surface area contributed by atoms with Gasteiger partial charge in [-0.2, -0.15) is 0 Å². The lowest BCUT2D eigenvalue weighted by atomic mass is 10.4. The molecule has 0 aliphatic carbocycles. The van der Waals surface area contributed by atoms with Crippen LogP contribution in [-0.2, 0) is 13.0 Å². The van der Waals surface area contributed by atoms with Crippen LogP contribution < -0.4 is 10.6 Å². The fourth-order valence-electron chi connectivity index (χ4n) is 2.40. The topological polar surface area (TPSA) is 71.5 Å². The normalized spacial score (nSPS) is 11.8. The van der Waals surface area contributed by atoms with E-state index in [4.69, 9.17) is 0 Å². The summed E-state index contributed by atoms with van der Waals surface area (Å²) in [6, 6.07) is 9.94. The van der Waals surface area contributed by atoms with Crippen molar-refractivity contribution in [2.24, 2.45) is 4.99 Å². The molecule has 120 valence electrons. The number of hydrogen-bond acceptors (Lipinski definition) is 3. The van der Waals surface area contributed by atoms with Crippen LogP contribution in [0.2, 0.25) is 0 Å². The van der Waals surface area contributed by atoms with E-state index in [0.29, 0.717) is 0 Å². The number of nitrogens with one attached hydrogen (secondary N) is 2. The molecule has 0 aromatic carbocycles. The lowest BCUT2D eigenvalue weighted by molar-refractivity contribution is 0.663. The molecule has 0 radical (unpaired) electrons. The average molecular weight is 311 g/mol. The van der Waals surface area contributed by atoms with Gasteiger partial charge in [0, 0.05) is 51.7 Å². The molecule has 3 heterocycles. The predicted molar refractivity (Wildman–Crippen MR) is 90.5 cm³/mol. The Balaban J connectivity index is 1.45. The summed E-state index contributed by atoms with van der Waals surface area (Å²) in [5.41, 5.74) is 0.872. The highest BCUT2D eigenvalue weighted by atomic mass is 15.2. The van der Waals surface area contributed by atoms with Crippen LogP contribution in [0.4, 0.5) is 0 Å².